The average Bonchev–Trinajstić information content (AvgIpc) is 2.42. The highest BCUT2D eigenvalue weighted by Crippen LogP contribution is 2.20. The number of methoxy groups -OCH3 is 1. The number of hydrogen-bond donors (Lipinski definition) is 1. The van der Waals surface area contributed by atoms with E-state index in [9.17, 15) is 4.79 Å². The average molecular weight is 335 g/mol. The highest BCUT2D eigenvalue weighted by Gasteiger charge is 2.10. The maximum atomic E-state index is 12.1. The first-order valence-corrected chi connectivity index (χ1v) is 6.94. The van der Waals surface area contributed by atoms with Gasteiger partial charge in [0, 0.05) is 5.56 Å². The van der Waals surface area contributed by atoms with Gasteiger partial charge in [0.1, 0.15) is 10.4 Å². The van der Waals surface area contributed by atoms with E-state index in [1.807, 2.05) is 37.3 Å². The van der Waals surface area contributed by atoms with Crippen molar-refractivity contribution in [1.29, 1.82) is 0 Å². The number of anilines is 1. The van der Waals surface area contributed by atoms with E-state index < -0.39 is 0 Å². The molecule has 0 saturated heterocycles. The Hall–Kier alpha value is -1.88. The van der Waals surface area contributed by atoms with Crippen molar-refractivity contribution in [3.63, 3.8) is 0 Å². The van der Waals surface area contributed by atoms with Crippen LogP contribution in [0.3, 0.4) is 0 Å². The fourth-order valence-electron chi connectivity index (χ4n) is 1.88. The van der Waals surface area contributed by atoms with Crippen molar-refractivity contribution < 1.29 is 9.53 Å². The van der Waals surface area contributed by atoms with Gasteiger partial charge in [0.2, 0.25) is 5.91 Å². The van der Waals surface area contributed by atoms with Crippen molar-refractivity contribution in [1.82, 2.24) is 4.98 Å². The number of hydrogen-bond acceptors (Lipinski definition) is 3. The number of rotatable bonds is 4. The van der Waals surface area contributed by atoms with Crippen molar-refractivity contribution in [2.45, 2.75) is 13.3 Å². The van der Waals surface area contributed by atoms with Crippen molar-refractivity contribution in [2.75, 3.05) is 12.4 Å². The number of benzene rings is 1. The van der Waals surface area contributed by atoms with Gasteiger partial charge in [-0.05, 0) is 41.1 Å². The highest BCUT2D eigenvalue weighted by molar-refractivity contribution is 9.10. The smallest absolute Gasteiger partial charge is 0.228 e. The predicted molar refractivity (Wildman–Crippen MR) is 82.0 cm³/mol. The summed E-state index contributed by atoms with van der Waals surface area (Å²) >= 11 is 3.29. The lowest BCUT2D eigenvalue weighted by atomic mass is 10.1. The van der Waals surface area contributed by atoms with Crippen LogP contribution in [0.15, 0.2) is 41.0 Å². The standard InChI is InChI=1S/C15H15BrN2O2/c1-10-12(7-8-14(16)17-10)18-15(19)9-11-5-3-4-6-13(11)20-2/h3-8H,9H2,1-2H3,(H,18,19). The van der Waals surface area contributed by atoms with Gasteiger partial charge in [-0.2, -0.15) is 0 Å². The van der Waals surface area contributed by atoms with Gasteiger partial charge < -0.3 is 10.1 Å². The molecule has 0 aliphatic carbocycles. The molecule has 0 bridgehead atoms. The molecule has 0 aliphatic heterocycles. The number of pyridine rings is 1. The quantitative estimate of drug-likeness (QED) is 0.872. The van der Waals surface area contributed by atoms with Gasteiger partial charge in [-0.15, -0.1) is 0 Å². The van der Waals surface area contributed by atoms with Gasteiger partial charge in [-0.1, -0.05) is 18.2 Å². The summed E-state index contributed by atoms with van der Waals surface area (Å²) in [5.41, 5.74) is 2.34. The number of nitrogens with zero attached hydrogens (tertiary/aromatic N) is 1. The molecule has 1 amide bonds. The van der Waals surface area contributed by atoms with Crippen molar-refractivity contribution >= 4 is 27.5 Å². The van der Waals surface area contributed by atoms with Crippen LogP contribution in [0.4, 0.5) is 5.69 Å². The van der Waals surface area contributed by atoms with Gasteiger partial charge >= 0.3 is 0 Å². The molecular weight excluding hydrogens is 320 g/mol. The van der Waals surface area contributed by atoms with Gasteiger partial charge in [-0.25, -0.2) is 4.98 Å². The second-order valence-electron chi connectivity index (χ2n) is 4.30. The molecule has 1 aromatic heterocycles. The third kappa shape index (κ3) is 3.57. The lowest BCUT2D eigenvalue weighted by molar-refractivity contribution is -0.115. The molecule has 0 radical (unpaired) electrons. The summed E-state index contributed by atoms with van der Waals surface area (Å²) in [5, 5.41) is 2.86. The lowest BCUT2D eigenvalue weighted by Gasteiger charge is -2.10. The van der Waals surface area contributed by atoms with E-state index >= 15 is 0 Å². The maximum Gasteiger partial charge on any atom is 0.228 e. The number of ether oxygens (including phenoxy) is 1. The first-order chi connectivity index (χ1) is 9.60. The van der Waals surface area contributed by atoms with E-state index in [0.29, 0.717) is 11.4 Å². The third-order valence-corrected chi connectivity index (χ3v) is 3.31. The predicted octanol–water partition coefficient (Wildman–Crippen LogP) is 3.34. The summed E-state index contributed by atoms with van der Waals surface area (Å²) in [6.45, 7) is 1.85. The molecule has 1 heterocycles. The summed E-state index contributed by atoms with van der Waals surface area (Å²) in [7, 11) is 1.60. The first kappa shape index (κ1) is 14.5. The number of carbonyl (C=O) groups is 1. The third-order valence-electron chi connectivity index (χ3n) is 2.87. The lowest BCUT2D eigenvalue weighted by Crippen LogP contribution is -2.16. The summed E-state index contributed by atoms with van der Waals surface area (Å²) in [4.78, 5) is 16.3. The Bertz CT molecular complexity index is 629. The van der Waals surface area contributed by atoms with Crippen LogP contribution in [0.25, 0.3) is 0 Å². The zero-order valence-electron chi connectivity index (χ0n) is 11.3. The molecule has 2 aromatic rings. The molecule has 0 atom stereocenters. The van der Waals surface area contributed by atoms with E-state index in [2.05, 4.69) is 26.2 Å². The fourth-order valence-corrected chi connectivity index (χ4v) is 2.28. The topological polar surface area (TPSA) is 51.2 Å². The summed E-state index contributed by atoms with van der Waals surface area (Å²) < 4.78 is 5.99. The molecule has 4 nitrogen and oxygen atoms in total. The molecule has 2 rings (SSSR count). The number of aromatic nitrogens is 1. The Morgan fingerprint density at radius 2 is 2.05 bits per heavy atom. The van der Waals surface area contributed by atoms with E-state index in [1.54, 1.807) is 13.2 Å². The minimum atomic E-state index is -0.0956. The number of nitrogens with one attached hydrogen (secondary N) is 1. The number of halogens is 1. The largest absolute Gasteiger partial charge is 0.496 e. The van der Waals surface area contributed by atoms with Gasteiger partial charge in [0.05, 0.1) is 24.9 Å². The molecule has 104 valence electrons. The Kier molecular flexibility index (Phi) is 4.74. The van der Waals surface area contributed by atoms with Crippen LogP contribution in [0.5, 0.6) is 5.75 Å². The Morgan fingerprint density at radius 3 is 2.75 bits per heavy atom. The number of aryl methyl sites for hydroxylation is 1. The van der Waals surface area contributed by atoms with Crippen LogP contribution in [0.2, 0.25) is 0 Å². The van der Waals surface area contributed by atoms with E-state index in [0.717, 1.165) is 15.9 Å². The molecule has 20 heavy (non-hydrogen) atoms. The summed E-state index contributed by atoms with van der Waals surface area (Å²) in [5.74, 6) is 0.620. The van der Waals surface area contributed by atoms with Crippen LogP contribution in [-0.2, 0) is 11.2 Å². The Labute approximate surface area is 126 Å². The molecule has 0 aliphatic rings. The second kappa shape index (κ2) is 6.52. The highest BCUT2D eigenvalue weighted by atomic mass is 79.9. The molecule has 0 unspecified atom stereocenters. The molecule has 0 fully saturated rings. The fraction of sp³-hybridized carbons (Fsp3) is 0.200. The normalized spacial score (nSPS) is 10.2. The number of carbonyl (C=O) groups excluding carboxylic acids is 1. The zero-order chi connectivity index (χ0) is 14.5. The van der Waals surface area contributed by atoms with Crippen LogP contribution in [0.1, 0.15) is 11.3 Å². The van der Waals surface area contributed by atoms with Gasteiger partial charge in [0.25, 0.3) is 0 Å². The Balaban J connectivity index is 2.09. The van der Waals surface area contributed by atoms with Crippen LogP contribution >= 0.6 is 15.9 Å². The molecular formula is C15H15BrN2O2. The van der Waals surface area contributed by atoms with Gasteiger partial charge in [-0.3, -0.25) is 4.79 Å². The zero-order valence-corrected chi connectivity index (χ0v) is 12.9. The Morgan fingerprint density at radius 1 is 1.30 bits per heavy atom. The van der Waals surface area contributed by atoms with Crippen molar-refractivity contribution in [3.05, 3.63) is 52.3 Å². The van der Waals surface area contributed by atoms with E-state index in [1.165, 1.54) is 0 Å². The van der Waals surface area contributed by atoms with E-state index in [4.69, 9.17) is 4.74 Å². The van der Waals surface area contributed by atoms with Crippen molar-refractivity contribution in [3.8, 4) is 5.75 Å². The minimum absolute atomic E-state index is 0.0956. The maximum absolute atomic E-state index is 12.1. The first-order valence-electron chi connectivity index (χ1n) is 6.15. The van der Waals surface area contributed by atoms with Crippen LogP contribution < -0.4 is 10.1 Å². The minimum Gasteiger partial charge on any atom is -0.496 e. The molecule has 5 heteroatoms. The molecule has 1 aromatic carbocycles. The van der Waals surface area contributed by atoms with Gasteiger partial charge in [0.15, 0.2) is 0 Å². The molecule has 1 N–H and O–H groups in total. The second-order valence-corrected chi connectivity index (χ2v) is 5.12. The van der Waals surface area contributed by atoms with E-state index in [-0.39, 0.29) is 12.3 Å². The monoisotopic (exact) mass is 334 g/mol. The number of para-hydroxylation sites is 1. The molecule has 0 saturated carbocycles. The van der Waals surface area contributed by atoms with Crippen LogP contribution in [-0.4, -0.2) is 18.0 Å². The van der Waals surface area contributed by atoms with Crippen molar-refractivity contribution in [2.24, 2.45) is 0 Å². The summed E-state index contributed by atoms with van der Waals surface area (Å²) in [6.07, 6.45) is 0.263. The number of amides is 1. The SMILES string of the molecule is COc1ccccc1CC(=O)Nc1ccc(Br)nc1C. The molecule has 0 spiro atoms. The van der Waals surface area contributed by atoms with Crippen LogP contribution in [0, 0.1) is 6.92 Å². The summed E-state index contributed by atoms with van der Waals surface area (Å²) in [6, 6.07) is 11.1.